The van der Waals surface area contributed by atoms with E-state index in [2.05, 4.69) is 5.32 Å². The molecule has 0 saturated carbocycles. The molecule has 17 heavy (non-hydrogen) atoms. The van der Waals surface area contributed by atoms with Gasteiger partial charge in [0.05, 0.1) is 0 Å². The Hall–Kier alpha value is -0.670. The van der Waals surface area contributed by atoms with Crippen molar-refractivity contribution in [1.82, 2.24) is 5.32 Å². The third-order valence-electron chi connectivity index (χ3n) is 3.27. The molecule has 4 heteroatoms. The minimum absolute atomic E-state index is 0.0415. The molecule has 1 aromatic rings. The van der Waals surface area contributed by atoms with E-state index in [0.29, 0.717) is 0 Å². The lowest BCUT2D eigenvalue weighted by Gasteiger charge is -2.27. The monoisotopic (exact) mass is 259 g/mol. The fraction of sp³-hybridized carbons (Fsp3) is 0.538. The normalized spacial score (nSPS) is 18.3. The van der Waals surface area contributed by atoms with Gasteiger partial charge in [-0.1, -0.05) is 29.8 Å². The number of benzene rings is 1. The molecule has 1 saturated heterocycles. The number of piperidine rings is 1. The summed E-state index contributed by atoms with van der Waals surface area (Å²) in [6.07, 6.45) is 1.54. The highest BCUT2D eigenvalue weighted by molar-refractivity contribution is 6.31. The zero-order chi connectivity index (χ0) is 12.3. The largest absolute Gasteiger partial charge is 0.317 e. The molecule has 1 aromatic carbocycles. The van der Waals surface area contributed by atoms with Crippen molar-refractivity contribution in [3.8, 4) is 0 Å². The highest BCUT2D eigenvalue weighted by Crippen LogP contribution is 2.40. The molecule has 1 aliphatic heterocycles. The Labute approximate surface area is 105 Å². The molecular weight excluding hydrogens is 244 g/mol. The first kappa shape index (κ1) is 12.8. The van der Waals surface area contributed by atoms with Crippen molar-refractivity contribution in [2.45, 2.75) is 25.2 Å². The molecular formula is C13H16ClF2N. The van der Waals surface area contributed by atoms with E-state index in [0.717, 1.165) is 25.9 Å². The van der Waals surface area contributed by atoms with E-state index in [9.17, 15) is 8.78 Å². The second-order valence-corrected chi connectivity index (χ2v) is 4.99. The van der Waals surface area contributed by atoms with E-state index < -0.39 is 5.92 Å². The van der Waals surface area contributed by atoms with Crippen molar-refractivity contribution >= 4 is 11.6 Å². The Morgan fingerprint density at radius 2 is 1.88 bits per heavy atom. The maximum Gasteiger partial charge on any atom is 0.274 e. The van der Waals surface area contributed by atoms with Crippen LogP contribution in [-0.4, -0.2) is 13.1 Å². The number of alkyl halides is 2. The summed E-state index contributed by atoms with van der Waals surface area (Å²) in [5.74, 6) is -2.73. The van der Waals surface area contributed by atoms with Gasteiger partial charge in [-0.25, -0.2) is 8.78 Å². The Morgan fingerprint density at radius 1 is 1.24 bits per heavy atom. The molecule has 0 aromatic heterocycles. The highest BCUT2D eigenvalue weighted by atomic mass is 35.5. The summed E-state index contributed by atoms with van der Waals surface area (Å²) in [5, 5.41) is 3.34. The van der Waals surface area contributed by atoms with Gasteiger partial charge in [0.1, 0.15) is 0 Å². The van der Waals surface area contributed by atoms with Crippen LogP contribution in [0.5, 0.6) is 0 Å². The topological polar surface area (TPSA) is 12.0 Å². The van der Waals surface area contributed by atoms with Crippen molar-refractivity contribution in [2.24, 2.45) is 5.92 Å². The van der Waals surface area contributed by atoms with Crippen LogP contribution in [0.1, 0.15) is 24.8 Å². The Bertz CT molecular complexity index is 375. The van der Waals surface area contributed by atoms with Gasteiger partial charge < -0.3 is 5.32 Å². The summed E-state index contributed by atoms with van der Waals surface area (Å²) in [7, 11) is 0. The number of hydrogen-bond acceptors (Lipinski definition) is 1. The van der Waals surface area contributed by atoms with Gasteiger partial charge in [-0.2, -0.15) is 0 Å². The molecule has 1 aliphatic rings. The average Bonchev–Trinajstić information content (AvgIpc) is 2.30. The quantitative estimate of drug-likeness (QED) is 0.870. The molecule has 0 atom stereocenters. The molecule has 94 valence electrons. The lowest BCUT2D eigenvalue weighted by atomic mass is 9.89. The Kier molecular flexibility index (Phi) is 4.00. The summed E-state index contributed by atoms with van der Waals surface area (Å²) in [6, 6.07) is 6.22. The molecule has 0 unspecified atom stereocenters. The van der Waals surface area contributed by atoms with E-state index in [1.54, 1.807) is 12.1 Å². The van der Waals surface area contributed by atoms with Crippen LogP contribution < -0.4 is 5.32 Å². The Morgan fingerprint density at radius 3 is 2.53 bits per heavy atom. The SMILES string of the molecule is FC(F)(CC1CCNCC1)c1ccccc1Cl. The summed E-state index contributed by atoms with van der Waals surface area (Å²) >= 11 is 5.83. The van der Waals surface area contributed by atoms with Crippen LogP contribution in [-0.2, 0) is 5.92 Å². The predicted molar refractivity (Wildman–Crippen MR) is 65.6 cm³/mol. The van der Waals surface area contributed by atoms with Crippen molar-refractivity contribution in [3.63, 3.8) is 0 Å². The zero-order valence-electron chi connectivity index (χ0n) is 9.56. The van der Waals surface area contributed by atoms with Crippen molar-refractivity contribution in [1.29, 1.82) is 0 Å². The lowest BCUT2D eigenvalue weighted by Crippen LogP contribution is -2.31. The van der Waals surface area contributed by atoms with Crippen LogP contribution in [0.3, 0.4) is 0 Å². The van der Waals surface area contributed by atoms with E-state index in [1.807, 2.05) is 0 Å². The fourth-order valence-corrected chi connectivity index (χ4v) is 2.59. The number of hydrogen-bond donors (Lipinski definition) is 1. The van der Waals surface area contributed by atoms with Crippen LogP contribution in [0.25, 0.3) is 0 Å². The molecule has 0 aliphatic carbocycles. The molecule has 1 N–H and O–H groups in total. The van der Waals surface area contributed by atoms with Gasteiger partial charge in [-0.15, -0.1) is 0 Å². The number of halogens is 3. The predicted octanol–water partition coefficient (Wildman–Crippen LogP) is 3.82. The van der Waals surface area contributed by atoms with Gasteiger partial charge in [0.15, 0.2) is 0 Å². The van der Waals surface area contributed by atoms with Gasteiger partial charge in [0.2, 0.25) is 0 Å². The zero-order valence-corrected chi connectivity index (χ0v) is 10.3. The van der Waals surface area contributed by atoms with E-state index in [1.165, 1.54) is 12.1 Å². The van der Waals surface area contributed by atoms with Crippen LogP contribution >= 0.6 is 11.6 Å². The first-order chi connectivity index (χ1) is 8.09. The first-order valence-electron chi connectivity index (χ1n) is 5.93. The summed E-state index contributed by atoms with van der Waals surface area (Å²) < 4.78 is 28.2. The molecule has 0 spiro atoms. The maximum atomic E-state index is 14.1. The molecule has 1 heterocycles. The lowest BCUT2D eigenvalue weighted by molar-refractivity contribution is -0.0325. The number of rotatable bonds is 3. The second kappa shape index (κ2) is 5.32. The standard InChI is InChI=1S/C13H16ClF2N/c14-12-4-2-1-3-11(12)13(15,16)9-10-5-7-17-8-6-10/h1-4,10,17H,5-9H2. The van der Waals surface area contributed by atoms with Crippen LogP contribution in [0.2, 0.25) is 5.02 Å². The smallest absolute Gasteiger partial charge is 0.274 e. The van der Waals surface area contributed by atoms with Gasteiger partial charge in [-0.05, 0) is 37.9 Å². The molecule has 1 nitrogen and oxygen atoms in total. The molecule has 0 bridgehead atoms. The molecule has 0 radical (unpaired) electrons. The Balaban J connectivity index is 2.10. The summed E-state index contributed by atoms with van der Waals surface area (Å²) in [4.78, 5) is 0. The third kappa shape index (κ3) is 3.17. The van der Waals surface area contributed by atoms with Crippen LogP contribution in [0.4, 0.5) is 8.78 Å². The van der Waals surface area contributed by atoms with Gasteiger partial charge in [0.25, 0.3) is 5.92 Å². The summed E-state index contributed by atoms with van der Waals surface area (Å²) in [5.41, 5.74) is -0.0415. The van der Waals surface area contributed by atoms with Crippen LogP contribution in [0, 0.1) is 5.92 Å². The van der Waals surface area contributed by atoms with Gasteiger partial charge in [0, 0.05) is 17.0 Å². The van der Waals surface area contributed by atoms with E-state index >= 15 is 0 Å². The highest BCUT2D eigenvalue weighted by Gasteiger charge is 2.36. The molecule has 2 rings (SSSR count). The van der Waals surface area contributed by atoms with Gasteiger partial charge >= 0.3 is 0 Å². The minimum Gasteiger partial charge on any atom is -0.317 e. The molecule has 1 fully saturated rings. The van der Waals surface area contributed by atoms with E-state index in [-0.39, 0.29) is 22.9 Å². The first-order valence-corrected chi connectivity index (χ1v) is 6.31. The summed E-state index contributed by atoms with van der Waals surface area (Å²) in [6.45, 7) is 1.67. The fourth-order valence-electron chi connectivity index (χ4n) is 2.32. The van der Waals surface area contributed by atoms with Crippen molar-refractivity contribution in [3.05, 3.63) is 34.9 Å². The third-order valence-corrected chi connectivity index (χ3v) is 3.60. The van der Waals surface area contributed by atoms with Crippen LogP contribution in [0.15, 0.2) is 24.3 Å². The second-order valence-electron chi connectivity index (χ2n) is 4.58. The average molecular weight is 260 g/mol. The van der Waals surface area contributed by atoms with Crippen molar-refractivity contribution in [2.75, 3.05) is 13.1 Å². The van der Waals surface area contributed by atoms with Gasteiger partial charge in [-0.3, -0.25) is 0 Å². The van der Waals surface area contributed by atoms with E-state index in [4.69, 9.17) is 11.6 Å². The van der Waals surface area contributed by atoms with Crippen molar-refractivity contribution < 1.29 is 8.78 Å². The molecule has 0 amide bonds. The minimum atomic E-state index is -2.82. The number of nitrogens with one attached hydrogen (secondary N) is 1. The maximum absolute atomic E-state index is 14.1.